The Morgan fingerprint density at radius 1 is 1.18 bits per heavy atom. The maximum Gasteiger partial charge on any atom is 0.511 e. The molecule has 0 aliphatic rings. The number of aliphatic hydroxyl groups is 1. The summed E-state index contributed by atoms with van der Waals surface area (Å²) in [7, 11) is -9.32. The lowest BCUT2D eigenvalue weighted by Gasteiger charge is -2.18. The molecule has 1 aromatic heterocycles. The number of alkyl halides is 3. The zero-order valence-corrected chi connectivity index (χ0v) is 23.1. The third-order valence-corrected chi connectivity index (χ3v) is 7.52. The summed E-state index contributed by atoms with van der Waals surface area (Å²) < 4.78 is 80.4. The molecule has 38 heavy (non-hydrogen) atoms. The lowest BCUT2D eigenvalue weighted by atomic mass is 10.1. The Kier molecular flexibility index (Phi) is 12.2. The minimum absolute atomic E-state index is 0.0181. The number of carboxylic acids is 1. The zero-order valence-electron chi connectivity index (χ0n) is 20.7. The molecule has 0 saturated heterocycles. The summed E-state index contributed by atoms with van der Waals surface area (Å²) in [5.41, 5.74) is -4.00. The van der Waals surface area contributed by atoms with Gasteiger partial charge in [-0.15, -0.1) is 0 Å². The summed E-state index contributed by atoms with van der Waals surface area (Å²) in [4.78, 5) is 15.6. The number of unbranched alkanes of at least 4 members (excludes halogenated alkanes) is 1. The van der Waals surface area contributed by atoms with E-state index in [4.69, 9.17) is 11.6 Å². The van der Waals surface area contributed by atoms with Crippen LogP contribution in [0.25, 0.3) is 0 Å². The van der Waals surface area contributed by atoms with Crippen molar-refractivity contribution in [2.45, 2.75) is 69.6 Å². The Morgan fingerprint density at radius 2 is 1.71 bits per heavy atom. The molecule has 0 fully saturated rings. The van der Waals surface area contributed by atoms with Crippen LogP contribution in [0.3, 0.4) is 0 Å². The molecule has 0 bridgehead atoms. The molecule has 0 spiro atoms. The number of imidazole rings is 1. The number of nitrogens with zero attached hydrogens (tertiary/aromatic N) is 2. The van der Waals surface area contributed by atoms with E-state index < -0.39 is 43.5 Å². The van der Waals surface area contributed by atoms with Crippen molar-refractivity contribution in [1.82, 2.24) is 14.3 Å². The molecule has 17 heteroatoms. The summed E-state index contributed by atoms with van der Waals surface area (Å²) in [6, 6.07) is 4.95. The fourth-order valence-electron chi connectivity index (χ4n) is 3.03. The van der Waals surface area contributed by atoms with E-state index in [1.54, 1.807) is 26.0 Å². The first-order valence-electron chi connectivity index (χ1n) is 11.1. The SMILES string of the molecule is CCCCc1nc(Cl)c(CO)n1Cc1ccc(S(=O)(=O)N[C@H](C(=O)O)C(C)C)cc1.NS(=O)(=O)C(F)(F)F. The second-order valence-corrected chi connectivity index (χ2v) is 12.1. The number of halogens is 4. The van der Waals surface area contributed by atoms with Crippen LogP contribution in [0.2, 0.25) is 5.15 Å². The monoisotopic (exact) mass is 606 g/mol. The number of aliphatic carboxylic acids is 1. The third kappa shape index (κ3) is 9.50. The smallest absolute Gasteiger partial charge is 0.480 e. The van der Waals surface area contributed by atoms with E-state index in [9.17, 15) is 45.0 Å². The molecule has 0 saturated carbocycles. The second kappa shape index (κ2) is 13.7. The molecule has 0 unspecified atom stereocenters. The van der Waals surface area contributed by atoms with Gasteiger partial charge < -0.3 is 14.8 Å². The Labute approximate surface area is 223 Å². The number of rotatable bonds is 11. The maximum atomic E-state index is 12.6. The summed E-state index contributed by atoms with van der Waals surface area (Å²) in [6.45, 7) is 5.47. The predicted molar refractivity (Wildman–Crippen MR) is 133 cm³/mol. The molecule has 1 atom stereocenters. The quantitative estimate of drug-likeness (QED) is 0.301. The van der Waals surface area contributed by atoms with Crippen LogP contribution in [-0.4, -0.2) is 54.1 Å². The number of benzene rings is 1. The van der Waals surface area contributed by atoms with Crippen molar-refractivity contribution in [2.24, 2.45) is 11.1 Å². The molecule has 1 aromatic carbocycles. The largest absolute Gasteiger partial charge is 0.511 e. The van der Waals surface area contributed by atoms with Gasteiger partial charge in [-0.05, 0) is 30.0 Å². The van der Waals surface area contributed by atoms with E-state index in [2.05, 4.69) is 21.8 Å². The van der Waals surface area contributed by atoms with E-state index in [1.165, 1.54) is 12.1 Å². The standard InChI is InChI=1S/C20H28ClN3O5S.CH2F3NO2S/c1-4-5-6-17-22-19(21)16(12-25)24(17)11-14-7-9-15(10-8-14)30(28,29)23-18(13(2)3)20(26)27;2-1(3,4)8(5,6)7/h7-10,13,18,23,25H,4-6,11-12H2,1-3H3,(H,26,27);(H2,5,6,7)/t18-;/m0./s1. The fourth-order valence-corrected chi connectivity index (χ4v) is 4.63. The van der Waals surface area contributed by atoms with Gasteiger partial charge in [-0.25, -0.2) is 27.0 Å². The van der Waals surface area contributed by atoms with Crippen LogP contribution in [-0.2, 0) is 44.4 Å². The normalized spacial score (nSPS) is 13.2. The summed E-state index contributed by atoms with van der Waals surface area (Å²) in [6.07, 6.45) is 2.65. The van der Waals surface area contributed by atoms with E-state index in [0.29, 0.717) is 12.2 Å². The van der Waals surface area contributed by atoms with E-state index in [-0.39, 0.29) is 16.7 Å². The number of sulfonamides is 2. The number of aliphatic hydroxyl groups excluding tert-OH is 1. The van der Waals surface area contributed by atoms with Crippen LogP contribution in [0.5, 0.6) is 0 Å². The number of hydrogen-bond donors (Lipinski definition) is 4. The molecular formula is C21H30ClF3N4O7S2. The van der Waals surface area contributed by atoms with E-state index >= 15 is 0 Å². The number of hydrogen-bond acceptors (Lipinski definition) is 7. The van der Waals surface area contributed by atoms with Gasteiger partial charge in [0.2, 0.25) is 10.0 Å². The van der Waals surface area contributed by atoms with Gasteiger partial charge in [0.15, 0.2) is 5.15 Å². The van der Waals surface area contributed by atoms with Gasteiger partial charge >= 0.3 is 21.5 Å². The highest BCUT2D eigenvalue weighted by Gasteiger charge is 2.42. The van der Waals surface area contributed by atoms with Crippen molar-refractivity contribution in [3.8, 4) is 0 Å². The summed E-state index contributed by atoms with van der Waals surface area (Å²) >= 11 is 6.15. The second-order valence-electron chi connectivity index (χ2n) is 8.43. The molecule has 2 rings (SSSR count). The molecule has 11 nitrogen and oxygen atoms in total. The highest BCUT2D eigenvalue weighted by atomic mass is 35.5. The number of nitrogens with one attached hydrogen (secondary N) is 1. The molecule has 0 aliphatic heterocycles. The average molecular weight is 607 g/mol. The minimum atomic E-state index is -5.34. The highest BCUT2D eigenvalue weighted by Crippen LogP contribution is 2.22. The van der Waals surface area contributed by atoms with Crippen LogP contribution in [0.15, 0.2) is 29.2 Å². The molecule has 0 radical (unpaired) electrons. The molecule has 216 valence electrons. The maximum absolute atomic E-state index is 12.6. The van der Waals surface area contributed by atoms with Crippen molar-refractivity contribution < 1.29 is 45.0 Å². The van der Waals surface area contributed by atoms with Gasteiger partial charge in [0.05, 0.1) is 17.2 Å². The summed E-state index contributed by atoms with van der Waals surface area (Å²) in [5, 5.41) is 22.8. The van der Waals surface area contributed by atoms with Crippen molar-refractivity contribution >= 4 is 37.6 Å². The van der Waals surface area contributed by atoms with Crippen LogP contribution in [0, 0.1) is 5.92 Å². The first-order valence-corrected chi connectivity index (χ1v) is 14.5. The lowest BCUT2D eigenvalue weighted by Crippen LogP contribution is -2.44. The van der Waals surface area contributed by atoms with E-state index in [0.717, 1.165) is 30.7 Å². The first kappa shape index (κ1) is 33.8. The van der Waals surface area contributed by atoms with Crippen molar-refractivity contribution in [1.29, 1.82) is 0 Å². The molecule has 5 N–H and O–H groups in total. The van der Waals surface area contributed by atoms with Gasteiger partial charge in [-0.3, -0.25) is 4.79 Å². The number of primary sulfonamides is 1. The molecular weight excluding hydrogens is 577 g/mol. The first-order chi connectivity index (χ1) is 17.4. The van der Waals surface area contributed by atoms with Crippen molar-refractivity contribution in [3.63, 3.8) is 0 Å². The van der Waals surface area contributed by atoms with Crippen LogP contribution in [0.4, 0.5) is 13.2 Å². The van der Waals surface area contributed by atoms with Gasteiger partial charge in [0.1, 0.15) is 11.9 Å². The number of nitrogens with two attached hydrogens (primary N) is 1. The van der Waals surface area contributed by atoms with Gasteiger partial charge in [0, 0.05) is 13.0 Å². The fraction of sp³-hybridized carbons (Fsp3) is 0.524. The van der Waals surface area contributed by atoms with Crippen molar-refractivity contribution in [3.05, 3.63) is 46.5 Å². The van der Waals surface area contributed by atoms with Crippen LogP contribution in [0.1, 0.15) is 50.7 Å². The average Bonchev–Trinajstić information content (AvgIpc) is 3.09. The predicted octanol–water partition coefficient (Wildman–Crippen LogP) is 2.60. The Balaban J connectivity index is 0.000000781. The molecule has 2 aromatic rings. The Morgan fingerprint density at radius 3 is 2.11 bits per heavy atom. The topological polar surface area (TPSA) is 182 Å². The van der Waals surface area contributed by atoms with Crippen LogP contribution >= 0.6 is 11.6 Å². The van der Waals surface area contributed by atoms with Gasteiger partial charge in [-0.2, -0.15) is 17.9 Å². The van der Waals surface area contributed by atoms with Gasteiger partial charge in [-0.1, -0.05) is 50.9 Å². The number of carbonyl (C=O) groups is 1. The highest BCUT2D eigenvalue weighted by molar-refractivity contribution is 7.90. The third-order valence-electron chi connectivity index (χ3n) is 5.12. The van der Waals surface area contributed by atoms with E-state index in [1.807, 2.05) is 4.57 Å². The molecule has 0 aliphatic carbocycles. The zero-order chi connectivity index (χ0) is 29.5. The van der Waals surface area contributed by atoms with Crippen molar-refractivity contribution in [2.75, 3.05) is 0 Å². The number of aromatic nitrogens is 2. The summed E-state index contributed by atoms with van der Waals surface area (Å²) in [5.74, 6) is -0.857. The van der Waals surface area contributed by atoms with Crippen LogP contribution < -0.4 is 9.86 Å². The number of carboxylic acid groups (broad SMARTS) is 1. The number of aryl methyl sites for hydroxylation is 1. The lowest BCUT2D eigenvalue weighted by molar-refractivity contribution is -0.140. The minimum Gasteiger partial charge on any atom is -0.480 e. The molecule has 0 amide bonds. The van der Waals surface area contributed by atoms with Gasteiger partial charge in [0.25, 0.3) is 0 Å². The Bertz CT molecular complexity index is 1300. The molecule has 1 heterocycles. The Hall–Kier alpha value is -2.24.